The van der Waals surface area contributed by atoms with Gasteiger partial charge in [0.2, 0.25) is 0 Å². The van der Waals surface area contributed by atoms with Gasteiger partial charge < -0.3 is 4.57 Å². The summed E-state index contributed by atoms with van der Waals surface area (Å²) < 4.78 is 2.47. The molecule has 6 heteroatoms. The van der Waals surface area contributed by atoms with Gasteiger partial charge in [-0.3, -0.25) is 20.4 Å². The molecule has 0 saturated carbocycles. The number of hydrogen-bond donors (Lipinski definition) is 2. The van der Waals surface area contributed by atoms with E-state index in [4.69, 9.17) is 0 Å². The number of amides is 2. The Balaban J connectivity index is 1.97. The van der Waals surface area contributed by atoms with Gasteiger partial charge in [-0.2, -0.15) is 0 Å². The number of benzene rings is 1. The molecule has 2 rings (SSSR count). The number of halogens is 1. The van der Waals surface area contributed by atoms with E-state index in [1.165, 1.54) is 0 Å². The molecule has 0 saturated heterocycles. The molecule has 1 aromatic heterocycles. The summed E-state index contributed by atoms with van der Waals surface area (Å²) in [6.07, 6.45) is 2.68. The van der Waals surface area contributed by atoms with Crippen LogP contribution in [-0.4, -0.2) is 16.4 Å². The van der Waals surface area contributed by atoms with E-state index in [-0.39, 0.29) is 11.8 Å². The summed E-state index contributed by atoms with van der Waals surface area (Å²) >= 11 is 3.29. The first-order chi connectivity index (χ1) is 10.0. The predicted octanol–water partition coefficient (Wildman–Crippen LogP) is 2.42. The third-order valence-corrected chi connectivity index (χ3v) is 3.55. The highest BCUT2D eigenvalue weighted by molar-refractivity contribution is 9.10. The molecule has 0 spiro atoms. The Bertz CT molecular complexity index is 662. The van der Waals surface area contributed by atoms with Crippen LogP contribution in [-0.2, 0) is 13.5 Å². The normalized spacial score (nSPS) is 10.2. The Morgan fingerprint density at radius 1 is 1.14 bits per heavy atom. The Kier molecular flexibility index (Phi) is 4.80. The average Bonchev–Trinajstić information content (AvgIpc) is 2.83. The van der Waals surface area contributed by atoms with Crippen LogP contribution in [0.4, 0.5) is 0 Å². The second kappa shape index (κ2) is 6.58. The zero-order valence-corrected chi connectivity index (χ0v) is 13.4. The maximum absolute atomic E-state index is 11.9. The lowest BCUT2D eigenvalue weighted by molar-refractivity contribution is 0.0842. The molecule has 1 aromatic carbocycles. The van der Waals surface area contributed by atoms with E-state index in [9.17, 15) is 9.59 Å². The van der Waals surface area contributed by atoms with Gasteiger partial charge in [-0.15, -0.1) is 0 Å². The molecule has 2 aromatic rings. The average molecular weight is 350 g/mol. The van der Waals surface area contributed by atoms with Gasteiger partial charge in [0.05, 0.1) is 0 Å². The summed E-state index contributed by atoms with van der Waals surface area (Å²) in [4.78, 5) is 23.9. The Morgan fingerprint density at radius 3 is 2.29 bits per heavy atom. The molecular weight excluding hydrogens is 334 g/mol. The molecule has 0 atom stereocenters. The molecule has 0 unspecified atom stereocenters. The highest BCUT2D eigenvalue weighted by Gasteiger charge is 2.12. The van der Waals surface area contributed by atoms with Crippen molar-refractivity contribution >= 4 is 27.7 Å². The first-order valence-electron chi connectivity index (χ1n) is 6.52. The van der Waals surface area contributed by atoms with Crippen molar-refractivity contribution in [2.45, 2.75) is 13.3 Å². The van der Waals surface area contributed by atoms with Gasteiger partial charge in [-0.1, -0.05) is 19.1 Å². The zero-order valence-electron chi connectivity index (χ0n) is 11.8. The van der Waals surface area contributed by atoms with Crippen LogP contribution in [0.3, 0.4) is 0 Å². The maximum Gasteiger partial charge on any atom is 0.286 e. The van der Waals surface area contributed by atoms with Gasteiger partial charge in [0, 0.05) is 23.3 Å². The van der Waals surface area contributed by atoms with Crippen LogP contribution in [0.2, 0.25) is 0 Å². The van der Waals surface area contributed by atoms with Crippen LogP contribution in [0, 0.1) is 0 Å². The van der Waals surface area contributed by atoms with Gasteiger partial charge >= 0.3 is 0 Å². The van der Waals surface area contributed by atoms with Gasteiger partial charge in [-0.25, -0.2) is 0 Å². The minimum atomic E-state index is -0.373. The fraction of sp³-hybridized carbons (Fsp3) is 0.200. The number of nitrogens with zero attached hydrogens (tertiary/aromatic N) is 1. The number of hydrazine groups is 1. The van der Waals surface area contributed by atoms with Crippen LogP contribution in [0.5, 0.6) is 0 Å². The topological polar surface area (TPSA) is 63.1 Å². The van der Waals surface area contributed by atoms with E-state index in [1.807, 2.05) is 19.1 Å². The minimum Gasteiger partial charge on any atom is -0.345 e. The lowest BCUT2D eigenvalue weighted by atomic mass is 10.1. The minimum absolute atomic E-state index is 0.348. The molecule has 110 valence electrons. The SMILES string of the molecule is CCc1ccc(C(=O)NNC(=O)c2cc(Br)cn2C)cc1. The van der Waals surface area contributed by atoms with Gasteiger partial charge in [0.25, 0.3) is 11.8 Å². The third-order valence-electron chi connectivity index (χ3n) is 3.12. The van der Waals surface area contributed by atoms with Crippen molar-refractivity contribution in [3.63, 3.8) is 0 Å². The first kappa shape index (κ1) is 15.3. The number of carbonyl (C=O) groups is 2. The van der Waals surface area contributed by atoms with E-state index < -0.39 is 0 Å². The summed E-state index contributed by atoms with van der Waals surface area (Å²) in [6, 6.07) is 8.94. The molecule has 1 heterocycles. The Hall–Kier alpha value is -2.08. The molecule has 0 aliphatic rings. The Labute approximate surface area is 131 Å². The van der Waals surface area contributed by atoms with Crippen LogP contribution in [0.25, 0.3) is 0 Å². The standard InChI is InChI=1S/C15H16BrN3O2/c1-3-10-4-6-11(7-5-10)14(20)17-18-15(21)13-8-12(16)9-19(13)2/h4-9H,3H2,1-2H3,(H,17,20)(H,18,21). The lowest BCUT2D eigenvalue weighted by Gasteiger charge is -2.08. The molecule has 21 heavy (non-hydrogen) atoms. The monoisotopic (exact) mass is 349 g/mol. The molecule has 2 amide bonds. The molecule has 0 bridgehead atoms. The van der Waals surface area contributed by atoms with Crippen molar-refractivity contribution < 1.29 is 9.59 Å². The molecule has 0 fully saturated rings. The maximum atomic E-state index is 11.9. The number of aryl methyl sites for hydroxylation is 2. The van der Waals surface area contributed by atoms with Crippen LogP contribution < -0.4 is 10.9 Å². The van der Waals surface area contributed by atoms with Crippen molar-refractivity contribution in [3.05, 3.63) is 57.8 Å². The number of hydrogen-bond acceptors (Lipinski definition) is 2. The van der Waals surface area contributed by atoms with E-state index in [2.05, 4.69) is 26.8 Å². The van der Waals surface area contributed by atoms with Crippen molar-refractivity contribution in [2.24, 2.45) is 7.05 Å². The highest BCUT2D eigenvalue weighted by atomic mass is 79.9. The molecule has 0 radical (unpaired) electrons. The van der Waals surface area contributed by atoms with E-state index in [0.29, 0.717) is 11.3 Å². The lowest BCUT2D eigenvalue weighted by Crippen LogP contribution is -2.42. The molecular formula is C15H16BrN3O2. The van der Waals surface area contributed by atoms with Crippen LogP contribution in [0.1, 0.15) is 33.3 Å². The van der Waals surface area contributed by atoms with Crippen LogP contribution >= 0.6 is 15.9 Å². The first-order valence-corrected chi connectivity index (χ1v) is 7.32. The van der Waals surface area contributed by atoms with E-state index >= 15 is 0 Å². The summed E-state index contributed by atoms with van der Waals surface area (Å²) in [6.45, 7) is 2.05. The van der Waals surface area contributed by atoms with Gasteiger partial charge in [-0.05, 0) is 46.1 Å². The largest absolute Gasteiger partial charge is 0.345 e. The fourth-order valence-corrected chi connectivity index (χ4v) is 2.42. The van der Waals surface area contributed by atoms with Crippen molar-refractivity contribution in [3.8, 4) is 0 Å². The number of carbonyl (C=O) groups excluding carboxylic acids is 2. The van der Waals surface area contributed by atoms with Gasteiger partial charge in [0.1, 0.15) is 5.69 Å². The van der Waals surface area contributed by atoms with Gasteiger partial charge in [0.15, 0.2) is 0 Å². The van der Waals surface area contributed by atoms with Crippen molar-refractivity contribution in [2.75, 3.05) is 0 Å². The summed E-state index contributed by atoms with van der Waals surface area (Å²) in [5, 5.41) is 0. The van der Waals surface area contributed by atoms with Crippen LogP contribution in [0.15, 0.2) is 41.0 Å². The second-order valence-corrected chi connectivity index (χ2v) is 5.53. The van der Waals surface area contributed by atoms with E-state index in [0.717, 1.165) is 16.5 Å². The van der Waals surface area contributed by atoms with Crippen molar-refractivity contribution in [1.82, 2.24) is 15.4 Å². The summed E-state index contributed by atoms with van der Waals surface area (Å²) in [5.74, 6) is -0.721. The number of nitrogens with one attached hydrogen (secondary N) is 2. The predicted molar refractivity (Wildman–Crippen MR) is 83.9 cm³/mol. The fourth-order valence-electron chi connectivity index (χ4n) is 1.89. The quantitative estimate of drug-likeness (QED) is 0.836. The smallest absolute Gasteiger partial charge is 0.286 e. The molecule has 5 nitrogen and oxygen atoms in total. The second-order valence-electron chi connectivity index (χ2n) is 4.61. The summed E-state index contributed by atoms with van der Waals surface area (Å²) in [5.41, 5.74) is 6.91. The van der Waals surface area contributed by atoms with Crippen molar-refractivity contribution in [1.29, 1.82) is 0 Å². The molecule has 2 N–H and O–H groups in total. The third kappa shape index (κ3) is 3.72. The number of rotatable bonds is 3. The summed E-state index contributed by atoms with van der Waals surface area (Å²) in [7, 11) is 1.75. The zero-order chi connectivity index (χ0) is 15.4. The molecule has 0 aliphatic carbocycles. The highest BCUT2D eigenvalue weighted by Crippen LogP contribution is 2.13. The molecule has 0 aliphatic heterocycles. The number of aromatic nitrogens is 1. The Morgan fingerprint density at radius 2 is 1.76 bits per heavy atom. The van der Waals surface area contributed by atoms with E-state index in [1.54, 1.807) is 36.0 Å².